The molecule has 2 aromatic carbocycles. The van der Waals surface area contributed by atoms with E-state index in [1.54, 1.807) is 4.90 Å². The van der Waals surface area contributed by atoms with Gasteiger partial charge in [-0.05, 0) is 54.8 Å². The molecule has 0 bridgehead atoms. The van der Waals surface area contributed by atoms with Gasteiger partial charge in [0, 0.05) is 12.1 Å². The third kappa shape index (κ3) is 2.57. The zero-order valence-corrected chi connectivity index (χ0v) is 12.9. The molecule has 4 heteroatoms. The van der Waals surface area contributed by atoms with E-state index < -0.39 is 0 Å². The molecular weight excluding hydrogens is 276 g/mol. The molecule has 22 heavy (non-hydrogen) atoms. The van der Waals surface area contributed by atoms with Gasteiger partial charge in [-0.1, -0.05) is 12.1 Å². The smallest absolute Gasteiger partial charge is 0.258 e. The highest BCUT2D eigenvalue weighted by atomic mass is 16.5. The van der Waals surface area contributed by atoms with Crippen LogP contribution in [0.4, 0.5) is 5.69 Å². The van der Waals surface area contributed by atoms with Crippen molar-refractivity contribution in [3.63, 3.8) is 0 Å². The van der Waals surface area contributed by atoms with Crippen molar-refractivity contribution in [3.8, 4) is 5.75 Å². The molecule has 0 fully saturated rings. The SMILES string of the molecule is Cc1ccc(C(=O)N2CCOc3cc(CN)ccc32)cc1C. The first-order valence-electron chi connectivity index (χ1n) is 7.45. The number of benzene rings is 2. The average molecular weight is 296 g/mol. The summed E-state index contributed by atoms with van der Waals surface area (Å²) in [5.41, 5.74) is 10.5. The van der Waals surface area contributed by atoms with E-state index in [1.165, 1.54) is 5.56 Å². The number of aryl methyl sites for hydroxylation is 2. The number of rotatable bonds is 2. The van der Waals surface area contributed by atoms with Crippen molar-refractivity contribution in [1.29, 1.82) is 0 Å². The lowest BCUT2D eigenvalue weighted by atomic mass is 10.0. The lowest BCUT2D eigenvalue weighted by Gasteiger charge is -2.30. The maximum Gasteiger partial charge on any atom is 0.258 e. The lowest BCUT2D eigenvalue weighted by molar-refractivity contribution is 0.0976. The molecule has 0 saturated heterocycles. The van der Waals surface area contributed by atoms with Crippen molar-refractivity contribution < 1.29 is 9.53 Å². The second kappa shape index (κ2) is 5.81. The van der Waals surface area contributed by atoms with Crippen LogP contribution in [0.3, 0.4) is 0 Å². The molecule has 1 aliphatic rings. The van der Waals surface area contributed by atoms with Crippen molar-refractivity contribution in [3.05, 3.63) is 58.7 Å². The number of ether oxygens (including phenoxy) is 1. The maximum atomic E-state index is 12.8. The highest BCUT2D eigenvalue weighted by molar-refractivity contribution is 6.07. The van der Waals surface area contributed by atoms with E-state index in [1.807, 2.05) is 50.2 Å². The normalized spacial score (nSPS) is 13.5. The van der Waals surface area contributed by atoms with Crippen LogP contribution in [0.15, 0.2) is 36.4 Å². The molecule has 0 aromatic heterocycles. The van der Waals surface area contributed by atoms with E-state index in [0.717, 1.165) is 22.6 Å². The molecule has 0 saturated carbocycles. The molecule has 0 spiro atoms. The van der Waals surface area contributed by atoms with Gasteiger partial charge in [0.15, 0.2) is 0 Å². The molecular formula is C18H20N2O2. The van der Waals surface area contributed by atoms with Gasteiger partial charge in [0.25, 0.3) is 5.91 Å². The second-order valence-electron chi connectivity index (χ2n) is 5.61. The Morgan fingerprint density at radius 2 is 2.00 bits per heavy atom. The van der Waals surface area contributed by atoms with E-state index in [9.17, 15) is 4.79 Å². The summed E-state index contributed by atoms with van der Waals surface area (Å²) in [6.07, 6.45) is 0. The standard InChI is InChI=1S/C18H20N2O2/c1-12-3-5-15(9-13(12)2)18(21)20-7-8-22-17-10-14(11-19)4-6-16(17)20/h3-6,9-10H,7-8,11,19H2,1-2H3. The minimum atomic E-state index is 0.00754. The summed E-state index contributed by atoms with van der Waals surface area (Å²) >= 11 is 0. The Morgan fingerprint density at radius 1 is 1.18 bits per heavy atom. The fourth-order valence-electron chi connectivity index (χ4n) is 2.63. The Morgan fingerprint density at radius 3 is 2.73 bits per heavy atom. The topological polar surface area (TPSA) is 55.6 Å². The molecule has 2 N–H and O–H groups in total. The number of anilines is 1. The lowest BCUT2D eigenvalue weighted by Crippen LogP contribution is -2.38. The summed E-state index contributed by atoms with van der Waals surface area (Å²) in [7, 11) is 0. The molecule has 2 aromatic rings. The van der Waals surface area contributed by atoms with E-state index >= 15 is 0 Å². The van der Waals surface area contributed by atoms with Crippen LogP contribution in [0.5, 0.6) is 5.75 Å². The first-order valence-corrected chi connectivity index (χ1v) is 7.45. The molecule has 4 nitrogen and oxygen atoms in total. The zero-order chi connectivity index (χ0) is 15.7. The summed E-state index contributed by atoms with van der Waals surface area (Å²) in [5.74, 6) is 0.736. The van der Waals surface area contributed by atoms with Gasteiger partial charge in [-0.2, -0.15) is 0 Å². The van der Waals surface area contributed by atoms with Gasteiger partial charge >= 0.3 is 0 Å². The van der Waals surface area contributed by atoms with Crippen LogP contribution >= 0.6 is 0 Å². The first-order chi connectivity index (χ1) is 10.6. The number of carbonyl (C=O) groups excluding carboxylic acids is 1. The predicted octanol–water partition coefficient (Wildman–Crippen LogP) is 2.80. The van der Waals surface area contributed by atoms with E-state index in [4.69, 9.17) is 10.5 Å². The van der Waals surface area contributed by atoms with E-state index in [-0.39, 0.29) is 5.91 Å². The summed E-state index contributed by atoms with van der Waals surface area (Å²) in [5, 5.41) is 0. The van der Waals surface area contributed by atoms with Crippen LogP contribution in [0.1, 0.15) is 27.0 Å². The monoisotopic (exact) mass is 296 g/mol. The Hall–Kier alpha value is -2.33. The van der Waals surface area contributed by atoms with Gasteiger partial charge in [0.05, 0.1) is 12.2 Å². The average Bonchev–Trinajstić information content (AvgIpc) is 2.55. The van der Waals surface area contributed by atoms with Crippen molar-refractivity contribution in [2.45, 2.75) is 20.4 Å². The van der Waals surface area contributed by atoms with Crippen LogP contribution in [-0.2, 0) is 6.54 Å². The van der Waals surface area contributed by atoms with Crippen molar-refractivity contribution in [1.82, 2.24) is 0 Å². The number of nitrogens with zero attached hydrogens (tertiary/aromatic N) is 1. The molecule has 3 rings (SSSR count). The molecule has 0 unspecified atom stereocenters. The molecule has 1 heterocycles. The van der Waals surface area contributed by atoms with Gasteiger partial charge < -0.3 is 15.4 Å². The second-order valence-corrected chi connectivity index (χ2v) is 5.61. The van der Waals surface area contributed by atoms with Gasteiger partial charge in [-0.15, -0.1) is 0 Å². The van der Waals surface area contributed by atoms with Crippen molar-refractivity contribution in [2.24, 2.45) is 5.73 Å². The van der Waals surface area contributed by atoms with Gasteiger partial charge in [-0.3, -0.25) is 4.79 Å². The molecule has 1 amide bonds. The molecule has 1 aliphatic heterocycles. The van der Waals surface area contributed by atoms with Crippen LogP contribution < -0.4 is 15.4 Å². The van der Waals surface area contributed by atoms with Crippen LogP contribution in [-0.4, -0.2) is 19.1 Å². The van der Waals surface area contributed by atoms with E-state index in [2.05, 4.69) is 0 Å². The number of fused-ring (bicyclic) bond motifs is 1. The van der Waals surface area contributed by atoms with Crippen LogP contribution in [0.25, 0.3) is 0 Å². The summed E-state index contributed by atoms with van der Waals surface area (Å²) in [6.45, 7) is 5.58. The minimum absolute atomic E-state index is 0.00754. The van der Waals surface area contributed by atoms with Gasteiger partial charge in [0.1, 0.15) is 12.4 Å². The van der Waals surface area contributed by atoms with Gasteiger partial charge in [-0.25, -0.2) is 0 Å². The Labute approximate surface area is 130 Å². The van der Waals surface area contributed by atoms with Crippen molar-refractivity contribution in [2.75, 3.05) is 18.1 Å². The third-order valence-corrected chi connectivity index (χ3v) is 4.12. The van der Waals surface area contributed by atoms with Crippen molar-refractivity contribution >= 4 is 11.6 Å². The van der Waals surface area contributed by atoms with E-state index in [0.29, 0.717) is 25.3 Å². The summed E-state index contributed by atoms with van der Waals surface area (Å²) in [4.78, 5) is 14.6. The maximum absolute atomic E-state index is 12.8. The Kier molecular flexibility index (Phi) is 3.86. The molecule has 0 radical (unpaired) electrons. The Bertz CT molecular complexity index is 725. The molecule has 0 atom stereocenters. The highest BCUT2D eigenvalue weighted by Crippen LogP contribution is 2.33. The van der Waals surface area contributed by atoms with Gasteiger partial charge in [0.2, 0.25) is 0 Å². The minimum Gasteiger partial charge on any atom is -0.490 e. The fraction of sp³-hybridized carbons (Fsp3) is 0.278. The summed E-state index contributed by atoms with van der Waals surface area (Å²) in [6, 6.07) is 11.6. The quantitative estimate of drug-likeness (QED) is 0.927. The largest absolute Gasteiger partial charge is 0.490 e. The Balaban J connectivity index is 1.96. The predicted molar refractivity (Wildman–Crippen MR) is 87.4 cm³/mol. The molecule has 0 aliphatic carbocycles. The summed E-state index contributed by atoms with van der Waals surface area (Å²) < 4.78 is 5.68. The number of hydrogen-bond donors (Lipinski definition) is 1. The highest BCUT2D eigenvalue weighted by Gasteiger charge is 2.25. The van der Waals surface area contributed by atoms with Crippen LogP contribution in [0.2, 0.25) is 0 Å². The fourth-order valence-corrected chi connectivity index (χ4v) is 2.63. The number of carbonyl (C=O) groups is 1. The van der Waals surface area contributed by atoms with Crippen LogP contribution in [0, 0.1) is 13.8 Å². The number of nitrogens with two attached hydrogens (primary N) is 1. The third-order valence-electron chi connectivity index (χ3n) is 4.12. The first kappa shape index (κ1) is 14.6. The number of hydrogen-bond acceptors (Lipinski definition) is 3. The molecule has 114 valence electrons. The zero-order valence-electron chi connectivity index (χ0n) is 12.9. The number of amides is 1.